The molecule has 0 saturated heterocycles. The lowest BCUT2D eigenvalue weighted by Gasteiger charge is -2.14. The highest BCUT2D eigenvalue weighted by Gasteiger charge is 2.19. The van der Waals surface area contributed by atoms with Crippen molar-refractivity contribution in [1.29, 1.82) is 0 Å². The predicted octanol–water partition coefficient (Wildman–Crippen LogP) is 1.22. The van der Waals surface area contributed by atoms with E-state index in [1.54, 1.807) is 0 Å². The predicted molar refractivity (Wildman–Crippen MR) is 55.9 cm³/mol. The second kappa shape index (κ2) is 6.02. The molecule has 0 aliphatic heterocycles. The van der Waals surface area contributed by atoms with Crippen LogP contribution in [0.5, 0.6) is 0 Å². The SMILES string of the molecule is CSC(CC(C)=O)C(=O)NC(C)C. The molecule has 1 N–H and O–H groups in total. The molecule has 0 aromatic carbocycles. The maximum absolute atomic E-state index is 11.4. The van der Waals surface area contributed by atoms with Crippen molar-refractivity contribution in [2.24, 2.45) is 0 Å². The van der Waals surface area contributed by atoms with Gasteiger partial charge in [-0.15, -0.1) is 0 Å². The summed E-state index contributed by atoms with van der Waals surface area (Å²) in [6, 6.07) is 0.133. The van der Waals surface area contributed by atoms with Crippen LogP contribution in [0.1, 0.15) is 27.2 Å². The molecule has 0 saturated carbocycles. The van der Waals surface area contributed by atoms with E-state index in [0.717, 1.165) is 0 Å². The second-order valence-electron chi connectivity index (χ2n) is 3.29. The van der Waals surface area contributed by atoms with E-state index in [1.165, 1.54) is 18.7 Å². The summed E-state index contributed by atoms with van der Waals surface area (Å²) >= 11 is 1.42. The topological polar surface area (TPSA) is 46.2 Å². The molecule has 1 unspecified atom stereocenters. The summed E-state index contributed by atoms with van der Waals surface area (Å²) in [4.78, 5) is 22.2. The summed E-state index contributed by atoms with van der Waals surface area (Å²) in [5, 5.41) is 2.55. The molecule has 0 aliphatic rings. The highest BCUT2D eigenvalue weighted by atomic mass is 32.2. The number of nitrogens with one attached hydrogen (secondary N) is 1. The molecule has 0 bridgehead atoms. The van der Waals surface area contributed by atoms with Crippen LogP contribution in [0.3, 0.4) is 0 Å². The molecule has 13 heavy (non-hydrogen) atoms. The molecule has 0 spiro atoms. The van der Waals surface area contributed by atoms with E-state index in [0.29, 0.717) is 6.42 Å². The lowest BCUT2D eigenvalue weighted by molar-refractivity contribution is -0.124. The van der Waals surface area contributed by atoms with E-state index in [2.05, 4.69) is 5.32 Å². The van der Waals surface area contributed by atoms with E-state index in [-0.39, 0.29) is 23.0 Å². The summed E-state index contributed by atoms with van der Waals surface area (Å²) in [5.41, 5.74) is 0. The van der Waals surface area contributed by atoms with Crippen molar-refractivity contribution in [1.82, 2.24) is 5.32 Å². The van der Waals surface area contributed by atoms with Crippen molar-refractivity contribution in [3.63, 3.8) is 0 Å². The zero-order chi connectivity index (χ0) is 10.4. The van der Waals surface area contributed by atoms with Gasteiger partial charge in [0, 0.05) is 12.5 Å². The Labute approximate surface area is 83.7 Å². The van der Waals surface area contributed by atoms with E-state index in [1.807, 2.05) is 20.1 Å². The van der Waals surface area contributed by atoms with Gasteiger partial charge >= 0.3 is 0 Å². The van der Waals surface area contributed by atoms with E-state index in [4.69, 9.17) is 0 Å². The number of ketones is 1. The Bertz CT molecular complexity index is 192. The molecule has 0 aliphatic carbocycles. The van der Waals surface area contributed by atoms with Crippen LogP contribution < -0.4 is 5.32 Å². The Morgan fingerprint density at radius 1 is 1.38 bits per heavy atom. The van der Waals surface area contributed by atoms with Crippen molar-refractivity contribution in [3.05, 3.63) is 0 Å². The van der Waals surface area contributed by atoms with Gasteiger partial charge in [-0.2, -0.15) is 11.8 Å². The van der Waals surface area contributed by atoms with E-state index < -0.39 is 0 Å². The van der Waals surface area contributed by atoms with Gasteiger partial charge in [-0.1, -0.05) is 0 Å². The normalized spacial score (nSPS) is 12.7. The molecule has 0 radical (unpaired) electrons. The van der Waals surface area contributed by atoms with Gasteiger partial charge in [0.2, 0.25) is 5.91 Å². The molecule has 0 rings (SSSR count). The van der Waals surface area contributed by atoms with Crippen molar-refractivity contribution in [2.45, 2.75) is 38.5 Å². The average Bonchev–Trinajstić information content (AvgIpc) is 1.98. The molecule has 76 valence electrons. The molecular formula is C9H17NO2S. The first-order chi connectivity index (χ1) is 5.97. The van der Waals surface area contributed by atoms with Crippen LogP contribution in [0.2, 0.25) is 0 Å². The van der Waals surface area contributed by atoms with Crippen LogP contribution in [0.15, 0.2) is 0 Å². The van der Waals surface area contributed by atoms with E-state index in [9.17, 15) is 9.59 Å². The molecule has 0 heterocycles. The first-order valence-electron chi connectivity index (χ1n) is 4.30. The lowest BCUT2D eigenvalue weighted by Crippen LogP contribution is -2.37. The van der Waals surface area contributed by atoms with Crippen molar-refractivity contribution in [2.75, 3.05) is 6.26 Å². The maximum atomic E-state index is 11.4. The molecular weight excluding hydrogens is 186 g/mol. The van der Waals surface area contributed by atoms with Crippen LogP contribution in [0.25, 0.3) is 0 Å². The van der Waals surface area contributed by atoms with Gasteiger partial charge in [-0.05, 0) is 27.0 Å². The number of hydrogen-bond donors (Lipinski definition) is 1. The summed E-state index contributed by atoms with van der Waals surface area (Å²) in [7, 11) is 0. The minimum Gasteiger partial charge on any atom is -0.353 e. The zero-order valence-electron chi connectivity index (χ0n) is 8.59. The summed E-state index contributed by atoms with van der Waals surface area (Å²) in [6.45, 7) is 5.32. The molecule has 4 heteroatoms. The number of thioether (sulfide) groups is 1. The van der Waals surface area contributed by atoms with Gasteiger partial charge in [-0.25, -0.2) is 0 Å². The first kappa shape index (κ1) is 12.5. The maximum Gasteiger partial charge on any atom is 0.233 e. The third kappa shape index (κ3) is 5.69. The molecule has 1 atom stereocenters. The van der Waals surface area contributed by atoms with Gasteiger partial charge < -0.3 is 5.32 Å². The lowest BCUT2D eigenvalue weighted by atomic mass is 10.2. The fourth-order valence-electron chi connectivity index (χ4n) is 0.922. The van der Waals surface area contributed by atoms with Gasteiger partial charge in [0.25, 0.3) is 0 Å². The fourth-order valence-corrected chi connectivity index (χ4v) is 1.61. The Balaban J connectivity index is 4.07. The fraction of sp³-hybridized carbons (Fsp3) is 0.778. The monoisotopic (exact) mass is 203 g/mol. The summed E-state index contributed by atoms with van der Waals surface area (Å²) in [5.74, 6) is 0.0101. The average molecular weight is 203 g/mol. The molecule has 1 amide bonds. The number of carbonyl (C=O) groups is 2. The van der Waals surface area contributed by atoms with Crippen LogP contribution in [0.4, 0.5) is 0 Å². The Morgan fingerprint density at radius 2 is 1.92 bits per heavy atom. The minimum absolute atomic E-state index is 0.0438. The van der Waals surface area contributed by atoms with Crippen molar-refractivity contribution in [3.8, 4) is 0 Å². The molecule has 3 nitrogen and oxygen atoms in total. The summed E-state index contributed by atoms with van der Waals surface area (Å²) in [6.07, 6.45) is 2.16. The Kier molecular flexibility index (Phi) is 5.79. The van der Waals surface area contributed by atoms with Crippen LogP contribution in [0, 0.1) is 0 Å². The number of amides is 1. The van der Waals surface area contributed by atoms with Gasteiger partial charge in [-0.3, -0.25) is 9.59 Å². The molecule has 0 aromatic heterocycles. The standard InChI is InChI=1S/C9H17NO2S/c1-6(2)10-9(12)8(13-4)5-7(3)11/h6,8H,5H2,1-4H3,(H,10,12). The van der Waals surface area contributed by atoms with Crippen LogP contribution >= 0.6 is 11.8 Å². The third-order valence-electron chi connectivity index (χ3n) is 1.48. The van der Waals surface area contributed by atoms with Gasteiger partial charge in [0.15, 0.2) is 0 Å². The van der Waals surface area contributed by atoms with Gasteiger partial charge in [0.05, 0.1) is 5.25 Å². The van der Waals surface area contributed by atoms with Crippen molar-refractivity contribution >= 4 is 23.5 Å². The number of rotatable bonds is 5. The number of carbonyl (C=O) groups excluding carboxylic acids is 2. The second-order valence-corrected chi connectivity index (χ2v) is 4.33. The van der Waals surface area contributed by atoms with E-state index >= 15 is 0 Å². The van der Waals surface area contributed by atoms with Crippen LogP contribution in [-0.4, -0.2) is 29.2 Å². The largest absolute Gasteiger partial charge is 0.353 e. The van der Waals surface area contributed by atoms with Crippen molar-refractivity contribution < 1.29 is 9.59 Å². The molecule has 0 fully saturated rings. The summed E-state index contributed by atoms with van der Waals surface area (Å²) < 4.78 is 0. The molecule has 0 aromatic rings. The number of hydrogen-bond acceptors (Lipinski definition) is 3. The quantitative estimate of drug-likeness (QED) is 0.731. The van der Waals surface area contributed by atoms with Crippen LogP contribution in [-0.2, 0) is 9.59 Å². The third-order valence-corrected chi connectivity index (χ3v) is 2.43. The smallest absolute Gasteiger partial charge is 0.233 e. The first-order valence-corrected chi connectivity index (χ1v) is 5.58. The zero-order valence-corrected chi connectivity index (χ0v) is 9.40. The van der Waals surface area contributed by atoms with Gasteiger partial charge in [0.1, 0.15) is 5.78 Å². The highest BCUT2D eigenvalue weighted by molar-refractivity contribution is 7.99. The number of Topliss-reactive ketones (excluding diaryl/α,β-unsaturated/α-hetero) is 1. The minimum atomic E-state index is -0.236. The Hall–Kier alpha value is -0.510. The Morgan fingerprint density at radius 3 is 2.23 bits per heavy atom. The highest BCUT2D eigenvalue weighted by Crippen LogP contribution is 2.11.